The molecule has 0 amide bonds. The molecule has 1 atom stereocenters. The van der Waals surface area contributed by atoms with Gasteiger partial charge < -0.3 is 5.73 Å². The van der Waals surface area contributed by atoms with Crippen LogP contribution < -0.4 is 11.3 Å². The number of H-pyrrole nitrogens is 1. The van der Waals surface area contributed by atoms with Crippen molar-refractivity contribution < 1.29 is 0 Å². The number of halogens is 1. The van der Waals surface area contributed by atoms with Gasteiger partial charge in [-0.05, 0) is 49.3 Å². The number of aromatic nitrogens is 2. The molecule has 0 fully saturated rings. The van der Waals surface area contributed by atoms with E-state index >= 15 is 0 Å². The molecule has 1 heterocycles. The molecule has 3 N–H and O–H groups in total. The molecule has 21 heavy (non-hydrogen) atoms. The van der Waals surface area contributed by atoms with Crippen LogP contribution in [0.3, 0.4) is 0 Å². The molecule has 4 rings (SSSR count). The molecular weight excluding hydrogens is 286 g/mol. The zero-order valence-electron chi connectivity index (χ0n) is 11.6. The van der Waals surface area contributed by atoms with Gasteiger partial charge in [0.05, 0.1) is 5.69 Å². The summed E-state index contributed by atoms with van der Waals surface area (Å²) in [6.45, 7) is 0. The number of nitrogen functional groups attached to an aromatic ring is 1. The summed E-state index contributed by atoms with van der Waals surface area (Å²) in [5.41, 5.74) is 9.94. The normalized spacial score (nSPS) is 23.1. The lowest BCUT2D eigenvalue weighted by Crippen LogP contribution is -2.35. The van der Waals surface area contributed by atoms with Gasteiger partial charge >= 0.3 is 0 Å². The minimum atomic E-state index is -0.0864. The smallest absolute Gasteiger partial charge is 0.255 e. The van der Waals surface area contributed by atoms with Crippen LogP contribution in [0.4, 0.5) is 5.95 Å². The maximum absolute atomic E-state index is 12.0. The molecule has 1 spiro atoms. The summed E-state index contributed by atoms with van der Waals surface area (Å²) in [7, 11) is 0. The first-order valence-corrected chi connectivity index (χ1v) is 7.62. The van der Waals surface area contributed by atoms with E-state index in [1.54, 1.807) is 0 Å². The Morgan fingerprint density at radius 1 is 1.24 bits per heavy atom. The van der Waals surface area contributed by atoms with Crippen LogP contribution in [-0.4, -0.2) is 9.97 Å². The van der Waals surface area contributed by atoms with Crippen LogP contribution in [0.5, 0.6) is 0 Å². The molecule has 5 heteroatoms. The third-order valence-corrected chi connectivity index (χ3v) is 5.38. The van der Waals surface area contributed by atoms with Gasteiger partial charge in [-0.1, -0.05) is 23.7 Å². The fraction of sp³-hybridized carbons (Fsp3) is 0.375. The highest BCUT2D eigenvalue weighted by molar-refractivity contribution is 6.31. The van der Waals surface area contributed by atoms with Crippen molar-refractivity contribution in [2.45, 2.75) is 37.5 Å². The van der Waals surface area contributed by atoms with Crippen molar-refractivity contribution in [1.29, 1.82) is 0 Å². The molecule has 1 aromatic carbocycles. The highest BCUT2D eigenvalue weighted by Crippen LogP contribution is 2.48. The predicted molar refractivity (Wildman–Crippen MR) is 82.7 cm³/mol. The van der Waals surface area contributed by atoms with E-state index in [9.17, 15) is 4.79 Å². The molecule has 0 saturated heterocycles. The fourth-order valence-corrected chi connectivity index (χ4v) is 4.26. The minimum Gasteiger partial charge on any atom is -0.369 e. The average Bonchev–Trinajstić information content (AvgIpc) is 2.78. The molecule has 2 aliphatic rings. The molecule has 0 bridgehead atoms. The largest absolute Gasteiger partial charge is 0.369 e. The van der Waals surface area contributed by atoms with E-state index < -0.39 is 0 Å². The summed E-state index contributed by atoms with van der Waals surface area (Å²) in [5.74, 6) is 0.208. The van der Waals surface area contributed by atoms with Crippen molar-refractivity contribution in [3.05, 3.63) is 56.0 Å². The first kappa shape index (κ1) is 12.9. The van der Waals surface area contributed by atoms with Crippen LogP contribution in [0.25, 0.3) is 0 Å². The van der Waals surface area contributed by atoms with Gasteiger partial charge in [0.15, 0.2) is 0 Å². The van der Waals surface area contributed by atoms with Crippen molar-refractivity contribution in [1.82, 2.24) is 9.97 Å². The number of rotatable bonds is 0. The maximum Gasteiger partial charge on any atom is 0.255 e. The van der Waals surface area contributed by atoms with Gasteiger partial charge in [-0.25, -0.2) is 4.98 Å². The lowest BCUT2D eigenvalue weighted by atomic mass is 9.70. The van der Waals surface area contributed by atoms with E-state index in [0.717, 1.165) is 48.4 Å². The van der Waals surface area contributed by atoms with Gasteiger partial charge in [-0.15, -0.1) is 0 Å². The Kier molecular flexibility index (Phi) is 2.67. The molecule has 0 aliphatic heterocycles. The zero-order chi connectivity index (χ0) is 14.6. The summed E-state index contributed by atoms with van der Waals surface area (Å²) in [5, 5.41) is 0.855. The molecule has 1 aromatic heterocycles. The number of nitrogens with two attached hydrogens (primary N) is 1. The Balaban J connectivity index is 1.84. The number of benzene rings is 1. The highest BCUT2D eigenvalue weighted by atomic mass is 35.5. The number of anilines is 1. The van der Waals surface area contributed by atoms with E-state index in [1.165, 1.54) is 11.1 Å². The molecule has 108 valence electrons. The lowest BCUT2D eigenvalue weighted by Gasteiger charge is -2.34. The van der Waals surface area contributed by atoms with Gasteiger partial charge in [0.1, 0.15) is 0 Å². The molecule has 1 unspecified atom stereocenters. The van der Waals surface area contributed by atoms with Gasteiger partial charge in [-0.3, -0.25) is 9.78 Å². The SMILES string of the molecule is Nc1nc2c(c(=O)[nH]1)CCC1(CCc3c(Cl)cccc31)C2. The number of nitrogens with one attached hydrogen (secondary N) is 1. The van der Waals surface area contributed by atoms with Crippen molar-refractivity contribution >= 4 is 17.5 Å². The Morgan fingerprint density at radius 3 is 2.81 bits per heavy atom. The molecule has 4 nitrogen and oxygen atoms in total. The summed E-state index contributed by atoms with van der Waals surface area (Å²) in [4.78, 5) is 19.0. The average molecular weight is 302 g/mol. The van der Waals surface area contributed by atoms with E-state index in [0.29, 0.717) is 0 Å². The Labute approximate surface area is 127 Å². The molecule has 2 aromatic rings. The molecular formula is C16H16ClN3O. The minimum absolute atomic E-state index is 0.0699. The van der Waals surface area contributed by atoms with E-state index in [1.807, 2.05) is 12.1 Å². The quantitative estimate of drug-likeness (QED) is 0.785. The van der Waals surface area contributed by atoms with Gasteiger partial charge in [0.25, 0.3) is 5.56 Å². The number of hydrogen-bond donors (Lipinski definition) is 2. The van der Waals surface area contributed by atoms with Crippen molar-refractivity contribution in [2.75, 3.05) is 5.73 Å². The first-order chi connectivity index (χ1) is 10.1. The molecule has 0 radical (unpaired) electrons. The van der Waals surface area contributed by atoms with E-state index in [2.05, 4.69) is 16.0 Å². The molecule has 2 aliphatic carbocycles. The number of aromatic amines is 1. The topological polar surface area (TPSA) is 71.8 Å². The third-order valence-electron chi connectivity index (χ3n) is 5.02. The monoisotopic (exact) mass is 301 g/mol. The van der Waals surface area contributed by atoms with Crippen LogP contribution in [0, 0.1) is 0 Å². The first-order valence-electron chi connectivity index (χ1n) is 7.24. The van der Waals surface area contributed by atoms with Crippen LogP contribution in [0.15, 0.2) is 23.0 Å². The standard InChI is InChI=1S/C16H16ClN3O/c17-12-3-1-2-11-9(12)4-6-16(11)7-5-10-13(8-16)19-15(18)20-14(10)21/h1-3H,4-8H2,(H3,18,19,20,21). The predicted octanol–water partition coefficient (Wildman–Crippen LogP) is 2.38. The highest BCUT2D eigenvalue weighted by Gasteiger charge is 2.42. The summed E-state index contributed by atoms with van der Waals surface area (Å²) < 4.78 is 0. The van der Waals surface area contributed by atoms with Crippen LogP contribution in [-0.2, 0) is 24.7 Å². The van der Waals surface area contributed by atoms with Crippen molar-refractivity contribution in [3.8, 4) is 0 Å². The van der Waals surface area contributed by atoms with Crippen LogP contribution in [0.2, 0.25) is 5.02 Å². The Hall–Kier alpha value is -1.81. The van der Waals surface area contributed by atoms with E-state index in [-0.39, 0.29) is 16.9 Å². The van der Waals surface area contributed by atoms with Gasteiger partial charge in [0.2, 0.25) is 5.95 Å². The second-order valence-corrected chi connectivity index (χ2v) is 6.51. The van der Waals surface area contributed by atoms with Crippen LogP contribution >= 0.6 is 11.6 Å². The Bertz CT molecular complexity index is 799. The van der Waals surface area contributed by atoms with Crippen molar-refractivity contribution in [3.63, 3.8) is 0 Å². The number of nitrogens with zero attached hydrogens (tertiary/aromatic N) is 1. The number of hydrogen-bond acceptors (Lipinski definition) is 3. The third kappa shape index (κ3) is 1.82. The van der Waals surface area contributed by atoms with Gasteiger partial charge in [-0.2, -0.15) is 0 Å². The second kappa shape index (κ2) is 4.34. The summed E-state index contributed by atoms with van der Waals surface area (Å²) in [6, 6.07) is 6.15. The lowest BCUT2D eigenvalue weighted by molar-refractivity contribution is 0.362. The van der Waals surface area contributed by atoms with Crippen molar-refractivity contribution in [2.24, 2.45) is 0 Å². The zero-order valence-corrected chi connectivity index (χ0v) is 12.3. The summed E-state index contributed by atoms with van der Waals surface area (Å²) in [6.07, 6.45) is 4.58. The molecule has 0 saturated carbocycles. The maximum atomic E-state index is 12.0. The van der Waals surface area contributed by atoms with Gasteiger partial charge in [0, 0.05) is 16.0 Å². The van der Waals surface area contributed by atoms with E-state index in [4.69, 9.17) is 17.3 Å². The fourth-order valence-electron chi connectivity index (χ4n) is 3.99. The number of fused-ring (bicyclic) bond motifs is 3. The second-order valence-electron chi connectivity index (χ2n) is 6.10. The summed E-state index contributed by atoms with van der Waals surface area (Å²) >= 11 is 6.33. The Morgan fingerprint density at radius 2 is 2.00 bits per heavy atom. The van der Waals surface area contributed by atoms with Crippen LogP contribution in [0.1, 0.15) is 35.2 Å².